The number of anilines is 1. The number of hydrogen-bond donors (Lipinski definition) is 1. The highest BCUT2D eigenvalue weighted by Gasteiger charge is 2.30. The number of aliphatic hydroxyl groups is 1. The molecule has 1 heterocycles. The summed E-state index contributed by atoms with van der Waals surface area (Å²) in [5.41, 5.74) is 2.89. The Morgan fingerprint density at radius 3 is 2.38 bits per heavy atom. The van der Waals surface area contributed by atoms with E-state index in [1.54, 1.807) is 0 Å². The van der Waals surface area contributed by atoms with Gasteiger partial charge in [-0.2, -0.15) is 0 Å². The summed E-state index contributed by atoms with van der Waals surface area (Å²) in [4.78, 5) is 4.75. The lowest BCUT2D eigenvalue weighted by atomic mass is 9.72. The number of β-amino-alcohol motifs (C(OH)–C–C–N with tert-alkyl or cyclic N) is 1. The molecule has 29 heavy (non-hydrogen) atoms. The minimum Gasteiger partial charge on any atom is -0.389 e. The highest BCUT2D eigenvalue weighted by molar-refractivity contribution is 6.30. The zero-order valence-electron chi connectivity index (χ0n) is 18.7. The van der Waals surface area contributed by atoms with Gasteiger partial charge in [-0.3, -0.25) is 4.90 Å². The molecule has 2 fully saturated rings. The summed E-state index contributed by atoms with van der Waals surface area (Å²) >= 11 is 6.18. The quantitative estimate of drug-likeness (QED) is 0.717. The number of hydrogen-bond acceptors (Lipinski definition) is 4. The fourth-order valence-electron chi connectivity index (χ4n) is 4.79. The van der Waals surface area contributed by atoms with Crippen LogP contribution in [0.4, 0.5) is 5.69 Å². The average Bonchev–Trinajstić information content (AvgIpc) is 2.68. The summed E-state index contributed by atoms with van der Waals surface area (Å²) in [5.74, 6) is 0.798. The van der Waals surface area contributed by atoms with Crippen LogP contribution in [0.15, 0.2) is 18.2 Å². The van der Waals surface area contributed by atoms with Crippen LogP contribution in [0.5, 0.6) is 0 Å². The number of aryl methyl sites for hydroxylation is 1. The zero-order chi connectivity index (χ0) is 21.0. The Hall–Kier alpha value is -0.810. The SMILES string of the molecule is Cc1ccc(Cl)cc1N1CCN(C[C@@H](O)COC2CCC(C(C)(C)C)CC2)CC1. The van der Waals surface area contributed by atoms with Gasteiger partial charge < -0.3 is 14.7 Å². The third kappa shape index (κ3) is 6.58. The molecule has 0 radical (unpaired) electrons. The normalized spacial score (nSPS) is 25.2. The Kier molecular flexibility index (Phi) is 7.88. The highest BCUT2D eigenvalue weighted by atomic mass is 35.5. The third-order valence-corrected chi connectivity index (χ3v) is 7.01. The number of ether oxygens (including phenoxy) is 1. The van der Waals surface area contributed by atoms with Crippen molar-refractivity contribution in [2.24, 2.45) is 11.3 Å². The monoisotopic (exact) mass is 422 g/mol. The number of rotatable bonds is 6. The lowest BCUT2D eigenvalue weighted by molar-refractivity contribution is -0.0446. The van der Waals surface area contributed by atoms with Gasteiger partial charge >= 0.3 is 0 Å². The van der Waals surface area contributed by atoms with Gasteiger partial charge in [0.25, 0.3) is 0 Å². The van der Waals surface area contributed by atoms with Crippen molar-refractivity contribution in [2.75, 3.05) is 44.2 Å². The Labute approximate surface area is 182 Å². The molecule has 1 atom stereocenters. The molecule has 164 valence electrons. The number of piperazine rings is 1. The molecule has 5 heteroatoms. The first-order chi connectivity index (χ1) is 13.7. The summed E-state index contributed by atoms with van der Waals surface area (Å²) < 4.78 is 6.06. The smallest absolute Gasteiger partial charge is 0.0900 e. The fourth-order valence-corrected chi connectivity index (χ4v) is 4.95. The molecule has 1 aliphatic heterocycles. The summed E-state index contributed by atoms with van der Waals surface area (Å²) in [6.07, 6.45) is 4.67. The molecule has 1 aliphatic carbocycles. The molecule has 0 bridgehead atoms. The van der Waals surface area contributed by atoms with Crippen molar-refractivity contribution >= 4 is 17.3 Å². The van der Waals surface area contributed by atoms with Gasteiger partial charge in [0.15, 0.2) is 0 Å². The first-order valence-corrected chi connectivity index (χ1v) is 11.6. The van der Waals surface area contributed by atoms with Gasteiger partial charge in [-0.25, -0.2) is 0 Å². The average molecular weight is 423 g/mol. The topological polar surface area (TPSA) is 35.9 Å². The summed E-state index contributed by atoms with van der Waals surface area (Å²) in [7, 11) is 0. The third-order valence-electron chi connectivity index (χ3n) is 6.78. The molecular weight excluding hydrogens is 384 g/mol. The number of benzene rings is 1. The van der Waals surface area contributed by atoms with Gasteiger partial charge in [0.05, 0.1) is 18.8 Å². The van der Waals surface area contributed by atoms with Gasteiger partial charge in [-0.05, 0) is 61.6 Å². The standard InChI is InChI=1S/C24H39ClN2O2/c1-18-5-8-20(25)15-23(18)27-13-11-26(12-14-27)16-21(28)17-29-22-9-6-19(7-10-22)24(2,3)4/h5,8,15,19,21-22,28H,6-7,9-14,16-17H2,1-4H3/t19?,21-,22?/m1/s1. The number of nitrogens with zero attached hydrogens (tertiary/aromatic N) is 2. The van der Waals surface area contributed by atoms with Crippen LogP contribution in [-0.2, 0) is 4.74 Å². The lowest BCUT2D eigenvalue weighted by Crippen LogP contribution is -2.49. The van der Waals surface area contributed by atoms with Crippen molar-refractivity contribution in [1.82, 2.24) is 4.90 Å². The molecular formula is C24H39ClN2O2. The van der Waals surface area contributed by atoms with Gasteiger partial charge in [0.2, 0.25) is 0 Å². The molecule has 1 N–H and O–H groups in total. The molecule has 1 aromatic rings. The van der Waals surface area contributed by atoms with Crippen LogP contribution < -0.4 is 4.90 Å². The van der Waals surface area contributed by atoms with Crippen LogP contribution in [-0.4, -0.2) is 61.5 Å². The van der Waals surface area contributed by atoms with Gasteiger partial charge in [0, 0.05) is 43.4 Å². The second-order valence-electron chi connectivity index (χ2n) is 10.0. The van der Waals surface area contributed by atoms with E-state index in [9.17, 15) is 5.11 Å². The first-order valence-electron chi connectivity index (χ1n) is 11.3. The zero-order valence-corrected chi connectivity index (χ0v) is 19.4. The number of halogens is 1. The molecule has 1 aromatic carbocycles. The number of aliphatic hydroxyl groups excluding tert-OH is 1. The van der Waals surface area contributed by atoms with E-state index in [1.165, 1.54) is 24.1 Å². The minimum absolute atomic E-state index is 0.325. The summed E-state index contributed by atoms with van der Waals surface area (Å²) in [6.45, 7) is 14.2. The predicted octanol–water partition coefficient (Wildman–Crippen LogP) is 4.75. The largest absolute Gasteiger partial charge is 0.389 e. The lowest BCUT2D eigenvalue weighted by Gasteiger charge is -2.38. The van der Waals surface area contributed by atoms with E-state index in [0.717, 1.165) is 50.0 Å². The molecule has 1 saturated carbocycles. The summed E-state index contributed by atoms with van der Waals surface area (Å²) in [5, 5.41) is 11.3. The van der Waals surface area contributed by atoms with E-state index in [2.05, 4.69) is 49.6 Å². The van der Waals surface area contributed by atoms with Gasteiger partial charge in [-0.15, -0.1) is 0 Å². The Balaban J connectivity index is 1.36. The predicted molar refractivity (Wildman–Crippen MR) is 122 cm³/mol. The van der Waals surface area contributed by atoms with Crippen molar-refractivity contribution in [1.29, 1.82) is 0 Å². The second-order valence-corrected chi connectivity index (χ2v) is 10.5. The van der Waals surface area contributed by atoms with Crippen molar-refractivity contribution in [2.45, 2.75) is 65.6 Å². The Morgan fingerprint density at radius 1 is 1.10 bits per heavy atom. The van der Waals surface area contributed by atoms with E-state index in [0.29, 0.717) is 24.7 Å². The van der Waals surface area contributed by atoms with E-state index in [4.69, 9.17) is 16.3 Å². The maximum absolute atomic E-state index is 10.5. The fraction of sp³-hybridized carbons (Fsp3) is 0.750. The van der Waals surface area contributed by atoms with Gasteiger partial charge in [-0.1, -0.05) is 38.4 Å². The minimum atomic E-state index is -0.408. The van der Waals surface area contributed by atoms with E-state index < -0.39 is 6.10 Å². The molecule has 1 saturated heterocycles. The van der Waals surface area contributed by atoms with Gasteiger partial charge in [0.1, 0.15) is 0 Å². The Morgan fingerprint density at radius 2 is 1.76 bits per heavy atom. The van der Waals surface area contributed by atoms with Crippen LogP contribution in [0.3, 0.4) is 0 Å². The van der Waals surface area contributed by atoms with Crippen molar-refractivity contribution < 1.29 is 9.84 Å². The summed E-state index contributed by atoms with van der Waals surface area (Å²) in [6, 6.07) is 6.09. The molecule has 0 amide bonds. The van der Waals surface area contributed by atoms with E-state index >= 15 is 0 Å². The highest BCUT2D eigenvalue weighted by Crippen LogP contribution is 2.38. The van der Waals surface area contributed by atoms with Crippen LogP contribution in [0, 0.1) is 18.3 Å². The molecule has 0 unspecified atom stereocenters. The van der Waals surface area contributed by atoms with Crippen LogP contribution in [0.1, 0.15) is 52.0 Å². The maximum atomic E-state index is 10.5. The van der Waals surface area contributed by atoms with Crippen molar-refractivity contribution in [3.8, 4) is 0 Å². The van der Waals surface area contributed by atoms with Crippen molar-refractivity contribution in [3.63, 3.8) is 0 Å². The van der Waals surface area contributed by atoms with Crippen molar-refractivity contribution in [3.05, 3.63) is 28.8 Å². The molecule has 3 rings (SSSR count). The van der Waals surface area contributed by atoms with Crippen LogP contribution in [0.25, 0.3) is 0 Å². The maximum Gasteiger partial charge on any atom is 0.0900 e. The first kappa shape index (κ1) is 22.9. The van der Waals surface area contributed by atoms with Crippen LogP contribution >= 0.6 is 11.6 Å². The second kappa shape index (κ2) is 10.00. The molecule has 0 aromatic heterocycles. The van der Waals surface area contributed by atoms with E-state index in [1.807, 2.05) is 6.07 Å². The van der Waals surface area contributed by atoms with E-state index in [-0.39, 0.29) is 0 Å². The van der Waals surface area contributed by atoms with Crippen LogP contribution in [0.2, 0.25) is 5.02 Å². The molecule has 0 spiro atoms. The Bertz CT molecular complexity index is 645. The molecule has 4 nitrogen and oxygen atoms in total. The molecule has 2 aliphatic rings.